The first-order valence-electron chi connectivity index (χ1n) is 5.44. The molecule has 0 fully saturated rings. The van der Waals surface area contributed by atoms with Gasteiger partial charge in [-0.25, -0.2) is 9.48 Å². The zero-order chi connectivity index (χ0) is 12.7. The van der Waals surface area contributed by atoms with Gasteiger partial charge < -0.3 is 15.2 Å². The fourth-order valence-electron chi connectivity index (χ4n) is 1.45. The predicted molar refractivity (Wildman–Crippen MR) is 60.6 cm³/mol. The van der Waals surface area contributed by atoms with E-state index in [1.54, 1.807) is 11.8 Å². The van der Waals surface area contributed by atoms with Gasteiger partial charge >= 0.3 is 5.97 Å². The Morgan fingerprint density at radius 2 is 2.24 bits per heavy atom. The van der Waals surface area contributed by atoms with Crippen molar-refractivity contribution in [1.29, 1.82) is 0 Å². The van der Waals surface area contributed by atoms with Gasteiger partial charge in [-0.1, -0.05) is 5.21 Å². The Kier molecular flexibility index (Phi) is 5.58. The highest BCUT2D eigenvalue weighted by molar-refractivity contribution is 5.88. The zero-order valence-electron chi connectivity index (χ0n) is 10.2. The van der Waals surface area contributed by atoms with Gasteiger partial charge in [0.15, 0.2) is 5.69 Å². The van der Waals surface area contributed by atoms with E-state index in [1.807, 2.05) is 0 Å². The Morgan fingerprint density at radius 3 is 2.82 bits per heavy atom. The lowest BCUT2D eigenvalue weighted by Gasteiger charge is -2.06. The number of aryl methyl sites for hydroxylation is 1. The summed E-state index contributed by atoms with van der Waals surface area (Å²) in [6.07, 6.45) is 1.35. The Balaban J connectivity index is 2.88. The van der Waals surface area contributed by atoms with Gasteiger partial charge in [-0.05, 0) is 13.0 Å². The number of esters is 1. The number of hydrogen-bond donors (Lipinski definition) is 1. The molecule has 2 N–H and O–H groups in total. The molecule has 1 aromatic rings. The molecule has 0 unspecified atom stereocenters. The van der Waals surface area contributed by atoms with Crippen molar-refractivity contribution in [1.82, 2.24) is 15.0 Å². The molecule has 1 heterocycles. The summed E-state index contributed by atoms with van der Waals surface area (Å²) in [6.45, 7) is 1.71. The monoisotopic (exact) mass is 242 g/mol. The van der Waals surface area contributed by atoms with Crippen LogP contribution in [0.25, 0.3) is 0 Å². The Hall–Kier alpha value is -1.47. The Bertz CT molecular complexity index is 364. The average molecular weight is 242 g/mol. The first kappa shape index (κ1) is 13.6. The van der Waals surface area contributed by atoms with Gasteiger partial charge in [-0.3, -0.25) is 0 Å². The van der Waals surface area contributed by atoms with Gasteiger partial charge in [-0.2, -0.15) is 0 Å². The molecular formula is C10H18N4O3. The summed E-state index contributed by atoms with van der Waals surface area (Å²) < 4.78 is 11.3. The van der Waals surface area contributed by atoms with Crippen LogP contribution in [0.3, 0.4) is 0 Å². The molecule has 0 aromatic carbocycles. The lowest BCUT2D eigenvalue weighted by Crippen LogP contribution is -2.13. The minimum atomic E-state index is -0.477. The van der Waals surface area contributed by atoms with Crippen LogP contribution in [0.4, 0.5) is 0 Å². The third-order valence-corrected chi connectivity index (χ3v) is 2.33. The van der Waals surface area contributed by atoms with Crippen LogP contribution in [0.15, 0.2) is 0 Å². The third kappa shape index (κ3) is 3.50. The van der Waals surface area contributed by atoms with E-state index in [0.717, 1.165) is 12.1 Å². The largest absolute Gasteiger partial charge is 0.464 e. The average Bonchev–Trinajstić information content (AvgIpc) is 2.75. The standard InChI is InChI=1S/C10H18N4O3/c1-16-7-4-8-9(10(15)17-2)12-13-14(8)6-3-5-11/h3-7,11H2,1-2H3. The van der Waals surface area contributed by atoms with Crippen LogP contribution in [0.1, 0.15) is 22.6 Å². The van der Waals surface area contributed by atoms with Crippen molar-refractivity contribution in [3.63, 3.8) is 0 Å². The molecule has 0 spiro atoms. The first-order valence-corrected chi connectivity index (χ1v) is 5.44. The van der Waals surface area contributed by atoms with Gasteiger partial charge in [0.25, 0.3) is 0 Å². The molecule has 0 saturated carbocycles. The van der Waals surface area contributed by atoms with Gasteiger partial charge in [0.05, 0.1) is 19.4 Å². The van der Waals surface area contributed by atoms with Crippen LogP contribution in [0.5, 0.6) is 0 Å². The molecular weight excluding hydrogens is 224 g/mol. The molecule has 1 aromatic heterocycles. The third-order valence-electron chi connectivity index (χ3n) is 2.33. The number of rotatable bonds is 7. The van der Waals surface area contributed by atoms with Crippen LogP contribution < -0.4 is 5.73 Å². The number of ether oxygens (including phenoxy) is 2. The van der Waals surface area contributed by atoms with E-state index < -0.39 is 5.97 Å². The zero-order valence-corrected chi connectivity index (χ0v) is 10.2. The summed E-state index contributed by atoms with van der Waals surface area (Å²) in [5.41, 5.74) is 6.42. The smallest absolute Gasteiger partial charge is 0.360 e. The van der Waals surface area contributed by atoms with E-state index in [1.165, 1.54) is 7.11 Å². The molecule has 96 valence electrons. The van der Waals surface area contributed by atoms with Crippen molar-refractivity contribution in [2.45, 2.75) is 19.4 Å². The molecule has 0 radical (unpaired) electrons. The number of methoxy groups -OCH3 is 2. The quantitative estimate of drug-likeness (QED) is 0.654. The van der Waals surface area contributed by atoms with Gasteiger partial charge in [0, 0.05) is 20.1 Å². The molecule has 1 rings (SSSR count). The summed E-state index contributed by atoms with van der Waals surface area (Å²) in [5, 5.41) is 7.77. The SMILES string of the molecule is COCCc1c(C(=O)OC)nnn1CCCN. The molecule has 0 saturated heterocycles. The van der Waals surface area contributed by atoms with Crippen LogP contribution >= 0.6 is 0 Å². The lowest BCUT2D eigenvalue weighted by atomic mass is 10.2. The summed E-state index contributed by atoms with van der Waals surface area (Å²) in [5.74, 6) is -0.477. The maximum absolute atomic E-state index is 11.5. The minimum Gasteiger partial charge on any atom is -0.464 e. The van der Waals surface area contributed by atoms with Crippen LogP contribution in [-0.4, -0.2) is 48.3 Å². The van der Waals surface area contributed by atoms with E-state index in [-0.39, 0.29) is 5.69 Å². The molecule has 17 heavy (non-hydrogen) atoms. The van der Waals surface area contributed by atoms with E-state index in [0.29, 0.717) is 26.1 Å². The predicted octanol–water partition coefficient (Wildman–Crippen LogP) is -0.398. The topological polar surface area (TPSA) is 92.3 Å². The van der Waals surface area contributed by atoms with Crippen molar-refractivity contribution in [3.05, 3.63) is 11.4 Å². The maximum Gasteiger partial charge on any atom is 0.360 e. The van der Waals surface area contributed by atoms with Crippen LogP contribution in [0.2, 0.25) is 0 Å². The van der Waals surface area contributed by atoms with Crippen molar-refractivity contribution >= 4 is 5.97 Å². The Labute approximate surface area is 99.9 Å². The van der Waals surface area contributed by atoms with E-state index >= 15 is 0 Å². The number of carbonyl (C=O) groups is 1. The van der Waals surface area contributed by atoms with E-state index in [9.17, 15) is 4.79 Å². The van der Waals surface area contributed by atoms with Crippen LogP contribution in [0, 0.1) is 0 Å². The molecule has 0 aliphatic carbocycles. The normalized spacial score (nSPS) is 10.5. The van der Waals surface area contributed by atoms with Gasteiger partial charge in [0.1, 0.15) is 0 Å². The van der Waals surface area contributed by atoms with E-state index in [2.05, 4.69) is 15.0 Å². The summed E-state index contributed by atoms with van der Waals surface area (Å²) in [7, 11) is 2.92. The lowest BCUT2D eigenvalue weighted by molar-refractivity contribution is 0.0592. The highest BCUT2D eigenvalue weighted by Crippen LogP contribution is 2.09. The minimum absolute atomic E-state index is 0.251. The second-order valence-electron chi connectivity index (χ2n) is 3.48. The molecule has 0 aliphatic rings. The highest BCUT2D eigenvalue weighted by atomic mass is 16.5. The fourth-order valence-corrected chi connectivity index (χ4v) is 1.45. The van der Waals surface area contributed by atoms with E-state index in [4.69, 9.17) is 10.5 Å². The van der Waals surface area contributed by atoms with Gasteiger partial charge in [0.2, 0.25) is 0 Å². The van der Waals surface area contributed by atoms with Crippen molar-refractivity contribution in [2.24, 2.45) is 5.73 Å². The molecule has 7 heteroatoms. The first-order chi connectivity index (χ1) is 8.24. The van der Waals surface area contributed by atoms with Crippen molar-refractivity contribution < 1.29 is 14.3 Å². The van der Waals surface area contributed by atoms with Crippen LogP contribution in [-0.2, 0) is 22.4 Å². The summed E-state index contributed by atoms with van der Waals surface area (Å²) in [6, 6.07) is 0. The number of nitrogens with two attached hydrogens (primary N) is 1. The summed E-state index contributed by atoms with van der Waals surface area (Å²) >= 11 is 0. The number of hydrogen-bond acceptors (Lipinski definition) is 6. The molecule has 0 aliphatic heterocycles. The highest BCUT2D eigenvalue weighted by Gasteiger charge is 2.19. The maximum atomic E-state index is 11.5. The number of nitrogens with zero attached hydrogens (tertiary/aromatic N) is 3. The fraction of sp³-hybridized carbons (Fsp3) is 0.700. The number of carbonyl (C=O) groups excluding carboxylic acids is 1. The molecule has 7 nitrogen and oxygen atoms in total. The molecule has 0 bridgehead atoms. The summed E-state index contributed by atoms with van der Waals surface area (Å²) in [4.78, 5) is 11.5. The second kappa shape index (κ2) is 6.97. The second-order valence-corrected chi connectivity index (χ2v) is 3.48. The molecule has 0 amide bonds. The molecule has 0 atom stereocenters. The van der Waals surface area contributed by atoms with Crippen molar-refractivity contribution in [3.8, 4) is 0 Å². The van der Waals surface area contributed by atoms with Gasteiger partial charge in [-0.15, -0.1) is 5.10 Å². The Morgan fingerprint density at radius 1 is 1.47 bits per heavy atom. The van der Waals surface area contributed by atoms with Crippen molar-refractivity contribution in [2.75, 3.05) is 27.4 Å². The number of aromatic nitrogens is 3.